The van der Waals surface area contributed by atoms with Gasteiger partial charge >= 0.3 is 0 Å². The first-order valence-corrected chi connectivity index (χ1v) is 8.17. The molecule has 22 heavy (non-hydrogen) atoms. The molecule has 0 aliphatic heterocycles. The van der Waals surface area contributed by atoms with Crippen molar-refractivity contribution in [2.45, 2.75) is 32.0 Å². The van der Waals surface area contributed by atoms with Crippen LogP contribution in [0.3, 0.4) is 0 Å². The molecule has 118 valence electrons. The maximum Gasteiger partial charge on any atom is 0.230 e. The Kier molecular flexibility index (Phi) is 5.60. The second kappa shape index (κ2) is 7.45. The van der Waals surface area contributed by atoms with Gasteiger partial charge in [0.25, 0.3) is 0 Å². The van der Waals surface area contributed by atoms with Crippen LogP contribution in [0, 0.1) is 11.7 Å². The van der Waals surface area contributed by atoms with Crippen molar-refractivity contribution in [3.05, 3.63) is 36.3 Å². The van der Waals surface area contributed by atoms with E-state index in [1.54, 1.807) is 18.3 Å². The highest BCUT2D eigenvalue weighted by Crippen LogP contribution is 2.21. The minimum Gasteiger partial charge on any atom is -0.353 e. The van der Waals surface area contributed by atoms with E-state index in [0.717, 1.165) is 11.3 Å². The van der Waals surface area contributed by atoms with Crippen molar-refractivity contribution in [1.29, 1.82) is 0 Å². The zero-order valence-corrected chi connectivity index (χ0v) is 13.7. The summed E-state index contributed by atoms with van der Waals surface area (Å²) in [6.07, 6.45) is 1.68. The molecule has 0 aliphatic carbocycles. The quantitative estimate of drug-likeness (QED) is 0.801. The first kappa shape index (κ1) is 16.5. The summed E-state index contributed by atoms with van der Waals surface area (Å²) in [6.45, 7) is 6.13. The smallest absolute Gasteiger partial charge is 0.230 e. The first-order valence-electron chi connectivity index (χ1n) is 7.19. The number of nitrogens with zero attached hydrogens (tertiary/aromatic N) is 1. The van der Waals surface area contributed by atoms with Gasteiger partial charge in [-0.2, -0.15) is 0 Å². The highest BCUT2D eigenvalue weighted by molar-refractivity contribution is 7.99. The van der Waals surface area contributed by atoms with Gasteiger partial charge in [-0.1, -0.05) is 25.6 Å². The SMILES string of the molecule is CC(C)C(C)NC(=O)CSc1ncc(-c2ccc(F)cc2)[nH]1. The summed E-state index contributed by atoms with van der Waals surface area (Å²) >= 11 is 1.35. The molecule has 2 aromatic rings. The van der Waals surface area contributed by atoms with Crippen molar-refractivity contribution in [3.8, 4) is 11.3 Å². The van der Waals surface area contributed by atoms with Crippen LogP contribution in [0.4, 0.5) is 4.39 Å². The Morgan fingerprint density at radius 2 is 2.00 bits per heavy atom. The van der Waals surface area contributed by atoms with Crippen molar-refractivity contribution in [2.75, 3.05) is 5.75 Å². The van der Waals surface area contributed by atoms with Crippen LogP contribution < -0.4 is 5.32 Å². The fourth-order valence-corrected chi connectivity index (χ4v) is 2.41. The molecular formula is C16H20FN3OS. The summed E-state index contributed by atoms with van der Waals surface area (Å²) in [5.41, 5.74) is 1.66. The Bertz CT molecular complexity index is 625. The normalized spacial score (nSPS) is 12.4. The van der Waals surface area contributed by atoms with Crippen LogP contribution in [0.25, 0.3) is 11.3 Å². The maximum absolute atomic E-state index is 12.9. The number of rotatable bonds is 6. The number of thioether (sulfide) groups is 1. The number of carbonyl (C=O) groups is 1. The number of hydrogen-bond acceptors (Lipinski definition) is 3. The van der Waals surface area contributed by atoms with Crippen LogP contribution >= 0.6 is 11.8 Å². The van der Waals surface area contributed by atoms with Crippen LogP contribution in [0.2, 0.25) is 0 Å². The van der Waals surface area contributed by atoms with E-state index in [9.17, 15) is 9.18 Å². The molecule has 1 amide bonds. The zero-order valence-electron chi connectivity index (χ0n) is 12.9. The Morgan fingerprint density at radius 3 is 2.64 bits per heavy atom. The van der Waals surface area contributed by atoms with Crippen LogP contribution in [0.15, 0.2) is 35.6 Å². The predicted octanol–water partition coefficient (Wildman–Crippen LogP) is 3.47. The summed E-state index contributed by atoms with van der Waals surface area (Å²) in [5, 5.41) is 3.62. The molecule has 0 spiro atoms. The van der Waals surface area contributed by atoms with Gasteiger partial charge in [-0.25, -0.2) is 9.37 Å². The summed E-state index contributed by atoms with van der Waals surface area (Å²) in [7, 11) is 0. The van der Waals surface area contributed by atoms with E-state index in [1.165, 1.54) is 23.9 Å². The van der Waals surface area contributed by atoms with Gasteiger partial charge in [0.05, 0.1) is 17.6 Å². The molecule has 1 unspecified atom stereocenters. The average molecular weight is 321 g/mol. The molecule has 0 saturated carbocycles. The minimum absolute atomic E-state index is 0.00840. The van der Waals surface area contributed by atoms with Crippen molar-refractivity contribution in [1.82, 2.24) is 15.3 Å². The fraction of sp³-hybridized carbons (Fsp3) is 0.375. The molecule has 2 rings (SSSR count). The number of H-pyrrole nitrogens is 1. The number of carbonyl (C=O) groups excluding carboxylic acids is 1. The third kappa shape index (κ3) is 4.59. The minimum atomic E-state index is -0.270. The number of benzene rings is 1. The zero-order chi connectivity index (χ0) is 16.1. The molecule has 1 heterocycles. The van der Waals surface area contributed by atoms with E-state index in [1.807, 2.05) is 6.92 Å². The highest BCUT2D eigenvalue weighted by Gasteiger charge is 2.12. The molecule has 0 aliphatic rings. The summed E-state index contributed by atoms with van der Waals surface area (Å²) in [6, 6.07) is 6.34. The second-order valence-corrected chi connectivity index (χ2v) is 6.46. The van der Waals surface area contributed by atoms with Crippen LogP contribution in [0.5, 0.6) is 0 Å². The highest BCUT2D eigenvalue weighted by atomic mass is 32.2. The van der Waals surface area contributed by atoms with Gasteiger partial charge in [0.1, 0.15) is 5.82 Å². The van der Waals surface area contributed by atoms with Gasteiger partial charge < -0.3 is 10.3 Å². The van der Waals surface area contributed by atoms with E-state index >= 15 is 0 Å². The number of hydrogen-bond donors (Lipinski definition) is 2. The Morgan fingerprint density at radius 1 is 1.32 bits per heavy atom. The number of imidazole rings is 1. The van der Waals surface area contributed by atoms with Crippen molar-refractivity contribution >= 4 is 17.7 Å². The molecular weight excluding hydrogens is 301 g/mol. The van der Waals surface area contributed by atoms with Crippen LogP contribution in [-0.4, -0.2) is 27.7 Å². The largest absolute Gasteiger partial charge is 0.353 e. The summed E-state index contributed by atoms with van der Waals surface area (Å²) in [5.74, 6) is 0.440. The van der Waals surface area contributed by atoms with Crippen molar-refractivity contribution in [3.63, 3.8) is 0 Å². The Balaban J connectivity index is 1.90. The topological polar surface area (TPSA) is 57.8 Å². The first-order chi connectivity index (χ1) is 10.5. The lowest BCUT2D eigenvalue weighted by Crippen LogP contribution is -2.37. The number of aromatic nitrogens is 2. The van der Waals surface area contributed by atoms with Gasteiger partial charge in [-0.15, -0.1) is 0 Å². The standard InChI is InChI=1S/C16H20FN3OS/c1-10(2)11(3)19-15(21)9-22-16-18-8-14(20-16)12-4-6-13(17)7-5-12/h4-8,10-11H,9H2,1-3H3,(H,18,20)(H,19,21). The molecule has 1 atom stereocenters. The molecule has 2 N–H and O–H groups in total. The predicted molar refractivity (Wildman–Crippen MR) is 87.1 cm³/mol. The number of halogens is 1. The van der Waals surface area contributed by atoms with E-state index in [-0.39, 0.29) is 17.8 Å². The Hall–Kier alpha value is -1.82. The summed E-state index contributed by atoms with van der Waals surface area (Å²) in [4.78, 5) is 19.2. The van der Waals surface area contributed by atoms with Gasteiger partial charge in [0.15, 0.2) is 5.16 Å². The van der Waals surface area contributed by atoms with Gasteiger partial charge in [-0.3, -0.25) is 4.79 Å². The van der Waals surface area contributed by atoms with Crippen LogP contribution in [0.1, 0.15) is 20.8 Å². The van der Waals surface area contributed by atoms with Crippen molar-refractivity contribution in [2.24, 2.45) is 5.92 Å². The van der Waals surface area contributed by atoms with E-state index in [4.69, 9.17) is 0 Å². The third-order valence-corrected chi connectivity index (χ3v) is 4.32. The number of aromatic amines is 1. The van der Waals surface area contributed by atoms with Gasteiger partial charge in [0, 0.05) is 6.04 Å². The van der Waals surface area contributed by atoms with Gasteiger partial charge in [0.2, 0.25) is 5.91 Å². The van der Waals surface area contributed by atoms with E-state index < -0.39 is 0 Å². The molecule has 0 radical (unpaired) electrons. The molecule has 0 bridgehead atoms. The Labute approximate surface area is 133 Å². The lowest BCUT2D eigenvalue weighted by Gasteiger charge is -2.16. The maximum atomic E-state index is 12.9. The number of amides is 1. The third-order valence-electron chi connectivity index (χ3n) is 3.44. The lowest BCUT2D eigenvalue weighted by atomic mass is 10.1. The van der Waals surface area contributed by atoms with E-state index in [2.05, 4.69) is 29.1 Å². The molecule has 6 heteroatoms. The van der Waals surface area contributed by atoms with Gasteiger partial charge in [-0.05, 0) is 42.7 Å². The number of nitrogens with one attached hydrogen (secondary N) is 2. The molecule has 0 fully saturated rings. The fourth-order valence-electron chi connectivity index (χ4n) is 1.75. The molecule has 1 aromatic heterocycles. The monoisotopic (exact) mass is 321 g/mol. The van der Waals surface area contributed by atoms with Crippen molar-refractivity contribution < 1.29 is 9.18 Å². The lowest BCUT2D eigenvalue weighted by molar-refractivity contribution is -0.119. The molecule has 4 nitrogen and oxygen atoms in total. The summed E-state index contributed by atoms with van der Waals surface area (Å²) < 4.78 is 12.9. The second-order valence-electron chi connectivity index (χ2n) is 5.50. The average Bonchev–Trinajstić information content (AvgIpc) is 2.94. The van der Waals surface area contributed by atoms with E-state index in [0.29, 0.717) is 16.8 Å². The molecule has 0 saturated heterocycles. The molecule has 1 aromatic carbocycles. The van der Waals surface area contributed by atoms with Crippen LogP contribution in [-0.2, 0) is 4.79 Å².